The topological polar surface area (TPSA) is 49.6 Å². The largest absolute Gasteiger partial charge is 0.335 e. The number of amides is 1. The fourth-order valence-corrected chi connectivity index (χ4v) is 4.00. The van der Waals surface area contributed by atoms with Crippen LogP contribution in [-0.2, 0) is 0 Å². The summed E-state index contributed by atoms with van der Waals surface area (Å²) in [6.07, 6.45) is 3.82. The highest BCUT2D eigenvalue weighted by Gasteiger charge is 2.31. The Morgan fingerprint density at radius 3 is 3.10 bits per heavy atom. The van der Waals surface area contributed by atoms with Gasteiger partial charge in [0.15, 0.2) is 0 Å². The van der Waals surface area contributed by atoms with Crippen molar-refractivity contribution in [3.05, 3.63) is 21.9 Å². The summed E-state index contributed by atoms with van der Waals surface area (Å²) in [4.78, 5) is 18.9. The van der Waals surface area contributed by atoms with Crippen LogP contribution in [0, 0.1) is 11.8 Å². The summed E-state index contributed by atoms with van der Waals surface area (Å²) in [7, 11) is 0. The lowest BCUT2D eigenvalue weighted by molar-refractivity contribution is 0.0376. The fourth-order valence-electron chi connectivity index (χ4n) is 3.15. The van der Waals surface area contributed by atoms with E-state index in [0.29, 0.717) is 12.6 Å². The Bertz CT molecular complexity index is 572. The first-order chi connectivity index (χ1) is 10.3. The number of hydrogen-bond donors (Lipinski definition) is 1. The zero-order chi connectivity index (χ0) is 14.7. The van der Waals surface area contributed by atoms with E-state index in [1.165, 1.54) is 37.1 Å². The molecule has 0 saturated carbocycles. The van der Waals surface area contributed by atoms with E-state index < -0.39 is 0 Å². The molecule has 1 aromatic rings. The minimum absolute atomic E-state index is 0.158. The first-order valence-electron chi connectivity index (χ1n) is 7.60. The molecule has 2 saturated heterocycles. The highest BCUT2D eigenvalue weighted by atomic mass is 32.1. The molecular weight excluding hydrogens is 282 g/mol. The first-order valence-corrected chi connectivity index (χ1v) is 8.41. The van der Waals surface area contributed by atoms with E-state index in [2.05, 4.69) is 16.7 Å². The van der Waals surface area contributed by atoms with Gasteiger partial charge in [-0.05, 0) is 31.5 Å². The highest BCUT2D eigenvalue weighted by Crippen LogP contribution is 2.24. The van der Waals surface area contributed by atoms with Crippen LogP contribution in [0.1, 0.15) is 33.8 Å². The van der Waals surface area contributed by atoms with Gasteiger partial charge in [-0.3, -0.25) is 9.69 Å². The number of nitrogens with two attached hydrogens (primary N) is 1. The number of carbonyl (C=O) groups excluding carboxylic acids is 1. The van der Waals surface area contributed by atoms with Crippen LogP contribution in [0.2, 0.25) is 0 Å². The average Bonchev–Trinajstić information content (AvgIpc) is 3.00. The van der Waals surface area contributed by atoms with Crippen molar-refractivity contribution in [1.82, 2.24) is 9.80 Å². The molecule has 0 spiro atoms. The molecule has 0 bridgehead atoms. The van der Waals surface area contributed by atoms with Gasteiger partial charge in [0.05, 0.1) is 16.3 Å². The second-order valence-corrected chi connectivity index (χ2v) is 6.69. The highest BCUT2D eigenvalue weighted by molar-refractivity contribution is 7.14. The summed E-state index contributed by atoms with van der Waals surface area (Å²) < 4.78 is 0. The molecule has 112 valence electrons. The molecule has 2 fully saturated rings. The third-order valence-electron chi connectivity index (χ3n) is 4.25. The van der Waals surface area contributed by atoms with E-state index >= 15 is 0 Å². The molecule has 1 unspecified atom stereocenters. The first kappa shape index (κ1) is 14.6. The van der Waals surface area contributed by atoms with Crippen LogP contribution in [0.25, 0.3) is 0 Å². The van der Waals surface area contributed by atoms with Crippen LogP contribution in [0.3, 0.4) is 0 Å². The number of carbonyl (C=O) groups is 1. The average molecular weight is 303 g/mol. The Hall–Kier alpha value is -1.35. The van der Waals surface area contributed by atoms with Gasteiger partial charge in [0.25, 0.3) is 5.91 Å². The molecule has 1 atom stereocenters. The molecule has 5 heteroatoms. The number of thiophene rings is 1. The standard InChI is InChI=1S/C16H21N3OS/c17-8-3-5-14-6-7-15(21-14)16(20)19-11-10-18-9-2-1-4-13(18)12-19/h6-7,13H,1-2,4,8-12,17H2. The molecular formula is C16H21N3OS. The Kier molecular flexibility index (Phi) is 4.59. The lowest BCUT2D eigenvalue weighted by Gasteiger charge is -2.43. The van der Waals surface area contributed by atoms with Gasteiger partial charge < -0.3 is 10.6 Å². The van der Waals surface area contributed by atoms with Crippen LogP contribution < -0.4 is 5.73 Å². The number of piperidine rings is 1. The van der Waals surface area contributed by atoms with Crippen molar-refractivity contribution in [2.75, 3.05) is 32.7 Å². The molecule has 1 amide bonds. The molecule has 2 aliphatic heterocycles. The molecule has 2 N–H and O–H groups in total. The zero-order valence-electron chi connectivity index (χ0n) is 12.2. The van der Waals surface area contributed by atoms with Gasteiger partial charge in [-0.25, -0.2) is 0 Å². The predicted octanol–water partition coefficient (Wildman–Crippen LogP) is 1.37. The van der Waals surface area contributed by atoms with Crippen molar-refractivity contribution in [3.8, 4) is 11.8 Å². The summed E-state index contributed by atoms with van der Waals surface area (Å²) >= 11 is 1.47. The van der Waals surface area contributed by atoms with Gasteiger partial charge in [-0.1, -0.05) is 18.3 Å². The number of nitrogens with zero attached hydrogens (tertiary/aromatic N) is 2. The molecule has 2 aliphatic rings. The molecule has 3 heterocycles. The third-order valence-corrected chi connectivity index (χ3v) is 5.24. The molecule has 4 nitrogen and oxygen atoms in total. The molecule has 3 rings (SSSR count). The Morgan fingerprint density at radius 1 is 1.33 bits per heavy atom. The maximum atomic E-state index is 12.6. The molecule has 0 aromatic carbocycles. The minimum Gasteiger partial charge on any atom is -0.335 e. The number of fused-ring (bicyclic) bond motifs is 1. The van der Waals surface area contributed by atoms with Gasteiger partial charge in [-0.15, -0.1) is 11.3 Å². The Labute approximate surface area is 129 Å². The van der Waals surface area contributed by atoms with Crippen LogP contribution in [0.5, 0.6) is 0 Å². The van der Waals surface area contributed by atoms with Crippen molar-refractivity contribution in [2.45, 2.75) is 25.3 Å². The third kappa shape index (κ3) is 3.29. The van der Waals surface area contributed by atoms with E-state index in [1.54, 1.807) is 0 Å². The SMILES string of the molecule is NCC#Cc1ccc(C(=O)N2CCN3CCCCC3C2)s1. The molecule has 21 heavy (non-hydrogen) atoms. The Morgan fingerprint density at radius 2 is 2.24 bits per heavy atom. The van der Waals surface area contributed by atoms with Gasteiger partial charge in [0.1, 0.15) is 0 Å². The van der Waals surface area contributed by atoms with Crippen LogP contribution in [0.4, 0.5) is 0 Å². The van der Waals surface area contributed by atoms with Crippen molar-refractivity contribution in [1.29, 1.82) is 0 Å². The summed E-state index contributed by atoms with van der Waals surface area (Å²) in [6.45, 7) is 4.29. The van der Waals surface area contributed by atoms with Crippen molar-refractivity contribution in [3.63, 3.8) is 0 Å². The van der Waals surface area contributed by atoms with Crippen molar-refractivity contribution < 1.29 is 4.79 Å². The summed E-state index contributed by atoms with van der Waals surface area (Å²) in [6, 6.07) is 4.37. The number of hydrogen-bond acceptors (Lipinski definition) is 4. The van der Waals surface area contributed by atoms with E-state index in [4.69, 9.17) is 5.73 Å². The molecule has 0 aliphatic carbocycles. The van der Waals surface area contributed by atoms with Gasteiger partial charge in [0.2, 0.25) is 0 Å². The van der Waals surface area contributed by atoms with Crippen molar-refractivity contribution in [2.24, 2.45) is 5.73 Å². The number of piperazine rings is 1. The smallest absolute Gasteiger partial charge is 0.264 e. The summed E-state index contributed by atoms with van der Waals surface area (Å²) in [5.74, 6) is 5.98. The van der Waals surface area contributed by atoms with E-state index in [0.717, 1.165) is 29.4 Å². The number of rotatable bonds is 1. The van der Waals surface area contributed by atoms with E-state index in [9.17, 15) is 4.79 Å². The molecule has 1 aromatic heterocycles. The summed E-state index contributed by atoms with van der Waals surface area (Å²) in [5, 5.41) is 0. The van der Waals surface area contributed by atoms with Gasteiger partial charge in [-0.2, -0.15) is 0 Å². The maximum Gasteiger partial charge on any atom is 0.264 e. The van der Waals surface area contributed by atoms with Crippen molar-refractivity contribution >= 4 is 17.2 Å². The second kappa shape index (κ2) is 6.61. The maximum absolute atomic E-state index is 12.6. The molecule has 0 radical (unpaired) electrons. The quantitative estimate of drug-likeness (QED) is 0.797. The lowest BCUT2D eigenvalue weighted by Crippen LogP contribution is -2.56. The zero-order valence-corrected chi connectivity index (χ0v) is 13.0. The van der Waals surface area contributed by atoms with E-state index in [-0.39, 0.29) is 5.91 Å². The van der Waals surface area contributed by atoms with E-state index in [1.807, 2.05) is 17.0 Å². The van der Waals surface area contributed by atoms with Gasteiger partial charge in [0, 0.05) is 25.7 Å². The predicted molar refractivity (Wildman–Crippen MR) is 85.4 cm³/mol. The normalized spacial score (nSPS) is 22.3. The summed E-state index contributed by atoms with van der Waals surface area (Å²) in [5.41, 5.74) is 5.37. The van der Waals surface area contributed by atoms with Gasteiger partial charge >= 0.3 is 0 Å². The minimum atomic E-state index is 0.158. The Balaban J connectivity index is 1.66. The lowest BCUT2D eigenvalue weighted by atomic mass is 9.99. The monoisotopic (exact) mass is 303 g/mol. The second-order valence-electron chi connectivity index (χ2n) is 5.61. The fraction of sp³-hybridized carbons (Fsp3) is 0.562. The van der Waals surface area contributed by atoms with Crippen LogP contribution >= 0.6 is 11.3 Å². The van der Waals surface area contributed by atoms with Crippen LogP contribution in [-0.4, -0.2) is 54.5 Å². The van der Waals surface area contributed by atoms with Crippen LogP contribution in [0.15, 0.2) is 12.1 Å².